The van der Waals surface area contributed by atoms with Crippen LogP contribution in [-0.2, 0) is 38.8 Å². The van der Waals surface area contributed by atoms with E-state index < -0.39 is 28.4 Å². The summed E-state index contributed by atoms with van der Waals surface area (Å²) in [4.78, 5) is 118. The Balaban J connectivity index is 0.000000197. The number of halogens is 1. The van der Waals surface area contributed by atoms with Crippen molar-refractivity contribution in [2.45, 2.75) is 26.7 Å². The topological polar surface area (TPSA) is 379 Å². The lowest BCUT2D eigenvalue weighted by atomic mass is 10.2. The molecule has 0 saturated carbocycles. The summed E-state index contributed by atoms with van der Waals surface area (Å²) < 4.78 is 18.6. The third-order valence-corrected chi connectivity index (χ3v) is 13.3. The molecule has 11 rings (SSSR count). The van der Waals surface area contributed by atoms with Crippen molar-refractivity contribution in [2.24, 2.45) is 0 Å². The Morgan fingerprint density at radius 3 is 1.36 bits per heavy atom. The van der Waals surface area contributed by atoms with E-state index >= 15 is 0 Å². The van der Waals surface area contributed by atoms with Crippen LogP contribution in [0.1, 0.15) is 23.6 Å². The molecule has 30 heteroatoms. The van der Waals surface area contributed by atoms with Gasteiger partial charge in [0, 0.05) is 78.7 Å². The number of aromatic amines is 3. The summed E-state index contributed by atoms with van der Waals surface area (Å²) in [5.74, 6) is -0.242. The molecule has 0 radical (unpaired) electrons. The number of thiazole rings is 3. The molecule has 0 unspecified atom stereocenters. The number of amides is 2. The van der Waals surface area contributed by atoms with Crippen LogP contribution in [0.2, 0.25) is 0 Å². The number of nitrogen functional groups attached to an aromatic ring is 2. The highest BCUT2D eigenvalue weighted by atomic mass is 79.9. The van der Waals surface area contributed by atoms with Crippen LogP contribution in [0.25, 0.3) is 10.3 Å². The van der Waals surface area contributed by atoms with Crippen LogP contribution >= 0.6 is 49.9 Å². The van der Waals surface area contributed by atoms with E-state index in [9.17, 15) is 48.5 Å². The first kappa shape index (κ1) is 68.6. The molecule has 2 amide bonds. The van der Waals surface area contributed by atoms with Crippen LogP contribution < -0.4 is 49.9 Å². The number of nitrogens with zero attached hydrogens (tertiary/aromatic N) is 6. The molecular weight excluding hydrogens is 1270 g/mol. The maximum atomic E-state index is 12.3. The minimum absolute atomic E-state index is 0.139. The summed E-state index contributed by atoms with van der Waals surface area (Å²) in [5.41, 5.74) is 11.9. The normalized spacial score (nSPS) is 9.69. The zero-order valence-electron chi connectivity index (χ0n) is 46.7. The number of benzene rings is 3. The molecule has 0 bridgehead atoms. The van der Waals surface area contributed by atoms with Gasteiger partial charge in [0.15, 0.2) is 14.2 Å². The molecule has 89 heavy (non-hydrogen) atoms. The largest absolute Gasteiger partial charge is 0.461 e. The van der Waals surface area contributed by atoms with Gasteiger partial charge in [-0.2, -0.15) is 0 Å². The van der Waals surface area contributed by atoms with Crippen molar-refractivity contribution in [1.29, 1.82) is 0 Å². The lowest BCUT2D eigenvalue weighted by Crippen LogP contribution is -2.24. The lowest BCUT2D eigenvalue weighted by molar-refractivity contribution is -0.386. The van der Waals surface area contributed by atoms with Crippen molar-refractivity contribution in [1.82, 2.24) is 39.0 Å². The molecule has 26 nitrogen and oxygen atoms in total. The standard InChI is InChI=1S/C16H13N3O3S.C13H12N2O3.C9H10O2.C8H7N3OS.C5H4N2O3.C5H6N2O.C3H2BrNS/c20-14-13(7-4-9-19(14)15-17-8-10-23-15)18-16(21)22-11-12-5-2-1-3-6-12;16-12-11(7-4-8-14-12)15-13(17)18-9-10-5-2-1-3-6-10;1-8(10)11-7-9-5-3-2-4-6-9;9-6-2-1-4-11(7(6)12)8-10-3-5-13-8;8-5-4(7(9)10)2-1-3-6-5;6-4-2-1-3-7-5(4)8;4-3-5-1-2-6-3/h1-10H,11H2,(H,18,21);1-8H,9H2,(H,14,16)(H,15,17);2-6H,7H2,1H3;1-5H,9H2;1-3H,(H,6,8);1-3H,6H2,(H,7,8);1-2H. The van der Waals surface area contributed by atoms with E-state index in [1.807, 2.05) is 102 Å². The van der Waals surface area contributed by atoms with Crippen molar-refractivity contribution in [3.05, 3.63) is 300 Å². The Morgan fingerprint density at radius 2 is 0.955 bits per heavy atom. The number of carbonyl (C=O) groups excluding carboxylic acids is 3. The van der Waals surface area contributed by atoms with Crippen LogP contribution in [-0.4, -0.2) is 62.1 Å². The van der Waals surface area contributed by atoms with E-state index in [0.29, 0.717) is 16.9 Å². The van der Waals surface area contributed by atoms with Crippen LogP contribution in [0.5, 0.6) is 0 Å². The lowest BCUT2D eigenvalue weighted by Gasteiger charge is -2.08. The molecule has 3 aromatic carbocycles. The Morgan fingerprint density at radius 1 is 0.528 bits per heavy atom. The third kappa shape index (κ3) is 25.5. The number of anilines is 4. The molecule has 9 N–H and O–H groups in total. The second-order valence-electron chi connectivity index (χ2n) is 16.8. The molecule has 0 aliphatic rings. The summed E-state index contributed by atoms with van der Waals surface area (Å²) >= 11 is 7.50. The van der Waals surface area contributed by atoms with Gasteiger partial charge in [-0.05, 0) is 87.2 Å². The van der Waals surface area contributed by atoms with Crippen LogP contribution in [0.15, 0.2) is 245 Å². The minimum atomic E-state index is -0.723. The molecule has 0 spiro atoms. The smallest absolute Gasteiger partial charge is 0.412 e. The Hall–Kier alpha value is -11.2. The van der Waals surface area contributed by atoms with E-state index in [-0.39, 0.29) is 64.2 Å². The average Bonchev–Trinajstić information content (AvgIpc) is 4.48. The average molecular weight is 1330 g/mol. The number of rotatable bonds is 11. The number of aromatic nitrogens is 8. The fourth-order valence-electron chi connectivity index (χ4n) is 6.29. The fraction of sp³-hybridized carbons (Fsp3) is 0.0678. The van der Waals surface area contributed by atoms with Gasteiger partial charge >= 0.3 is 29.4 Å². The molecule has 8 heterocycles. The summed E-state index contributed by atoms with van der Waals surface area (Å²) in [7, 11) is 0. The van der Waals surface area contributed by atoms with Gasteiger partial charge in [-0.1, -0.05) is 91.0 Å². The first-order valence-corrected chi connectivity index (χ1v) is 29.0. The SMILES string of the molecule is Brc1nccs1.CC(=O)OCc1ccccc1.Nc1ccc[nH]c1=O.Nc1cccn(-c2nccs2)c1=O.O=C(Nc1ccc[nH]c1=O)OCc1ccccc1.O=C(Nc1cccn(-c2nccs2)c1=O)OCc1ccccc1.O=c1[nH]cccc1[N+](=O)[O-]. The minimum Gasteiger partial charge on any atom is -0.461 e. The summed E-state index contributed by atoms with van der Waals surface area (Å²) in [6.45, 7) is 2.08. The second-order valence-corrected chi connectivity index (χ2v) is 20.7. The number of carbonyl (C=O) groups is 3. The van der Waals surface area contributed by atoms with Crippen LogP contribution in [0.3, 0.4) is 0 Å². The monoisotopic (exact) mass is 1330 g/mol. The quantitative estimate of drug-likeness (QED) is 0.0274. The fourth-order valence-corrected chi connectivity index (χ4v) is 8.33. The third-order valence-electron chi connectivity index (χ3n) is 10.4. The zero-order chi connectivity index (χ0) is 64.2. The first-order valence-electron chi connectivity index (χ1n) is 25.6. The number of ether oxygens (including phenoxy) is 3. The first-order chi connectivity index (χ1) is 43.0. The van der Waals surface area contributed by atoms with E-state index in [4.69, 9.17) is 25.7 Å². The highest BCUT2D eigenvalue weighted by Gasteiger charge is 2.12. The molecule has 0 fully saturated rings. The van der Waals surface area contributed by atoms with Crippen molar-refractivity contribution in [3.8, 4) is 10.3 Å². The van der Waals surface area contributed by atoms with Gasteiger partial charge < -0.3 is 40.6 Å². The van der Waals surface area contributed by atoms with Crippen LogP contribution in [0, 0.1) is 10.1 Å². The van der Waals surface area contributed by atoms with Gasteiger partial charge in [0.2, 0.25) is 0 Å². The predicted molar refractivity (Wildman–Crippen MR) is 344 cm³/mol. The number of nitrogens with one attached hydrogen (secondary N) is 5. The number of hydrogen-bond donors (Lipinski definition) is 7. The Labute approximate surface area is 525 Å². The van der Waals surface area contributed by atoms with Gasteiger partial charge in [0.1, 0.15) is 31.2 Å². The van der Waals surface area contributed by atoms with E-state index in [0.717, 1.165) is 26.7 Å². The van der Waals surface area contributed by atoms with Crippen molar-refractivity contribution < 1.29 is 33.5 Å². The maximum absolute atomic E-state index is 12.3. The Bertz CT molecular complexity index is 4210. The number of hydrogen-bond acceptors (Lipinski definition) is 21. The van der Waals surface area contributed by atoms with E-state index in [1.165, 1.54) is 69.3 Å². The van der Waals surface area contributed by atoms with Gasteiger partial charge in [0.25, 0.3) is 22.2 Å². The highest BCUT2D eigenvalue weighted by molar-refractivity contribution is 9.11. The molecule has 8 aromatic heterocycles. The van der Waals surface area contributed by atoms with Crippen molar-refractivity contribution in [3.63, 3.8) is 0 Å². The van der Waals surface area contributed by atoms with Gasteiger partial charge in [-0.15, -0.1) is 34.0 Å². The van der Waals surface area contributed by atoms with E-state index in [1.54, 1.807) is 90.3 Å². The van der Waals surface area contributed by atoms with Gasteiger partial charge in [-0.3, -0.25) is 58.6 Å². The number of nitrogens with two attached hydrogens (primary N) is 2. The summed E-state index contributed by atoms with van der Waals surface area (Å²) in [6, 6.07) is 43.6. The number of pyridine rings is 5. The summed E-state index contributed by atoms with van der Waals surface area (Å²) in [5, 5.41) is 21.5. The van der Waals surface area contributed by atoms with Crippen molar-refractivity contribution >= 4 is 96.5 Å². The molecule has 0 atom stereocenters. The van der Waals surface area contributed by atoms with Gasteiger partial charge in [-0.25, -0.2) is 24.5 Å². The number of nitro groups is 1. The molecule has 458 valence electrons. The molecule has 0 saturated heterocycles. The Kier molecular flexibility index (Phi) is 29.2. The molecular formula is C59H54BrN13O13S3. The zero-order valence-corrected chi connectivity index (χ0v) is 50.7. The van der Waals surface area contributed by atoms with Crippen LogP contribution in [0.4, 0.5) is 38.0 Å². The molecule has 0 aliphatic carbocycles. The van der Waals surface area contributed by atoms with Gasteiger partial charge in [0.05, 0.1) is 16.3 Å². The predicted octanol–water partition coefficient (Wildman–Crippen LogP) is 9.94. The maximum Gasteiger partial charge on any atom is 0.412 e. The highest BCUT2D eigenvalue weighted by Crippen LogP contribution is 2.13. The second kappa shape index (κ2) is 38.0. The number of esters is 1. The molecule has 0 aliphatic heterocycles. The molecule has 11 aromatic rings. The summed E-state index contributed by atoms with van der Waals surface area (Å²) in [6.07, 6.45) is 11.3. The number of H-pyrrole nitrogens is 3. The van der Waals surface area contributed by atoms with Crippen molar-refractivity contribution in [2.75, 3.05) is 22.1 Å². The van der Waals surface area contributed by atoms with E-state index in [2.05, 4.69) is 56.5 Å².